The molecule has 0 bridgehead atoms. The second-order valence-corrected chi connectivity index (χ2v) is 8.57. The Bertz CT molecular complexity index is 1380. The maximum absolute atomic E-state index is 14.9. The molecule has 1 aromatic heterocycles. The van der Waals surface area contributed by atoms with Crippen molar-refractivity contribution in [1.29, 1.82) is 5.26 Å². The molecule has 11 heteroatoms. The maximum Gasteiger partial charge on any atom is 0.412 e. The van der Waals surface area contributed by atoms with E-state index in [0.29, 0.717) is 16.8 Å². The number of nitrogen functional groups attached to an aromatic ring is 1. The molecule has 0 aliphatic carbocycles. The number of nitrogens with two attached hydrogens (primary N) is 1. The van der Waals surface area contributed by atoms with E-state index in [-0.39, 0.29) is 54.1 Å². The van der Waals surface area contributed by atoms with Gasteiger partial charge in [-0.2, -0.15) is 10.4 Å². The van der Waals surface area contributed by atoms with Crippen LogP contribution in [-0.4, -0.2) is 39.8 Å². The lowest BCUT2D eigenvalue weighted by Gasteiger charge is -2.35. The van der Waals surface area contributed by atoms with Gasteiger partial charge in [-0.3, -0.25) is 10.1 Å². The number of amides is 2. The average Bonchev–Trinajstić information content (AvgIpc) is 3.40. The number of halogens is 2. The number of nitrogens with zero attached hydrogens (tertiary/aromatic N) is 4. The van der Waals surface area contributed by atoms with Gasteiger partial charge in [0.25, 0.3) is 0 Å². The number of anilines is 2. The average molecular weight is 481 g/mol. The molecule has 1 fully saturated rings. The summed E-state index contributed by atoms with van der Waals surface area (Å²) < 4.78 is 21.8. The molecule has 3 heterocycles. The lowest BCUT2D eigenvalue weighted by Crippen LogP contribution is -2.44. The third kappa shape index (κ3) is 3.60. The van der Waals surface area contributed by atoms with Crippen LogP contribution in [0.5, 0.6) is 0 Å². The van der Waals surface area contributed by atoms with Crippen molar-refractivity contribution in [2.75, 3.05) is 24.1 Å². The zero-order valence-electron chi connectivity index (χ0n) is 17.7. The summed E-state index contributed by atoms with van der Waals surface area (Å²) in [5, 5.41) is 15.9. The Morgan fingerprint density at radius 1 is 1.35 bits per heavy atom. The summed E-state index contributed by atoms with van der Waals surface area (Å²) in [5.41, 5.74) is 6.85. The second kappa shape index (κ2) is 8.04. The molecule has 0 radical (unpaired) electrons. The van der Waals surface area contributed by atoms with Crippen molar-refractivity contribution < 1.29 is 18.7 Å². The van der Waals surface area contributed by atoms with E-state index >= 15 is 0 Å². The van der Waals surface area contributed by atoms with E-state index in [2.05, 4.69) is 16.5 Å². The topological polar surface area (TPSA) is 126 Å². The highest BCUT2D eigenvalue weighted by Gasteiger charge is 2.50. The van der Waals surface area contributed by atoms with Gasteiger partial charge in [-0.1, -0.05) is 23.7 Å². The first-order valence-corrected chi connectivity index (χ1v) is 10.8. The lowest BCUT2D eigenvalue weighted by atomic mass is 9.89. The van der Waals surface area contributed by atoms with Crippen molar-refractivity contribution in [2.24, 2.45) is 0 Å². The fraction of sp³-hybridized carbons (Fsp3) is 0.217. The van der Waals surface area contributed by atoms with Crippen molar-refractivity contribution in [3.8, 4) is 17.3 Å². The zero-order chi connectivity index (χ0) is 24.0. The fourth-order valence-corrected chi connectivity index (χ4v) is 4.58. The molecule has 2 aromatic carbocycles. The molecule has 5 rings (SSSR count). The van der Waals surface area contributed by atoms with E-state index in [9.17, 15) is 14.0 Å². The summed E-state index contributed by atoms with van der Waals surface area (Å²) in [6.45, 7) is 0.0639. The van der Waals surface area contributed by atoms with Crippen LogP contribution < -0.4 is 11.1 Å². The number of rotatable bonds is 3. The molecule has 3 aromatic rings. The third-order valence-corrected chi connectivity index (χ3v) is 6.34. The fourth-order valence-electron chi connectivity index (χ4n) is 4.42. The molecule has 2 amide bonds. The summed E-state index contributed by atoms with van der Waals surface area (Å²) in [4.78, 5) is 26.7. The number of aromatic nitrogens is 2. The largest absolute Gasteiger partial charge is 0.436 e. The van der Waals surface area contributed by atoms with Crippen LogP contribution >= 0.6 is 11.6 Å². The van der Waals surface area contributed by atoms with Crippen LogP contribution in [0.2, 0.25) is 5.02 Å². The van der Waals surface area contributed by atoms with Gasteiger partial charge in [0.2, 0.25) is 5.91 Å². The predicted molar refractivity (Wildman–Crippen MR) is 121 cm³/mol. The normalized spacial score (nSPS) is 18.9. The van der Waals surface area contributed by atoms with Crippen LogP contribution in [0.1, 0.15) is 17.5 Å². The molecule has 0 saturated carbocycles. The molecule has 1 atom stereocenters. The van der Waals surface area contributed by atoms with Gasteiger partial charge in [0.05, 0.1) is 40.1 Å². The molecule has 2 aliphatic heterocycles. The highest BCUT2D eigenvalue weighted by atomic mass is 35.5. The number of ether oxygens (including phenoxy) is 1. The number of nitrogens with one attached hydrogen (secondary N) is 1. The molecule has 0 unspecified atom stereocenters. The minimum absolute atomic E-state index is 0.0260. The molecule has 172 valence electrons. The summed E-state index contributed by atoms with van der Waals surface area (Å²) in [6.07, 6.45) is -0.499. The van der Waals surface area contributed by atoms with Gasteiger partial charge in [-0.15, -0.1) is 0 Å². The van der Waals surface area contributed by atoms with Gasteiger partial charge in [0.1, 0.15) is 12.4 Å². The van der Waals surface area contributed by atoms with Gasteiger partial charge < -0.3 is 15.4 Å². The minimum atomic E-state index is -1.33. The summed E-state index contributed by atoms with van der Waals surface area (Å²) >= 11 is 5.97. The second-order valence-electron chi connectivity index (χ2n) is 8.16. The number of nitriles is 1. The van der Waals surface area contributed by atoms with E-state index in [1.165, 1.54) is 21.7 Å². The lowest BCUT2D eigenvalue weighted by molar-refractivity contribution is -0.132. The molecule has 1 spiro atoms. The Balaban J connectivity index is 1.38. The Morgan fingerprint density at radius 2 is 2.18 bits per heavy atom. The van der Waals surface area contributed by atoms with Crippen molar-refractivity contribution in [3.63, 3.8) is 0 Å². The summed E-state index contributed by atoms with van der Waals surface area (Å²) in [7, 11) is 0. The zero-order valence-corrected chi connectivity index (χ0v) is 18.5. The number of hydrogen-bond acceptors (Lipinski definition) is 6. The molecule has 9 nitrogen and oxygen atoms in total. The van der Waals surface area contributed by atoms with Gasteiger partial charge >= 0.3 is 6.09 Å². The van der Waals surface area contributed by atoms with Crippen LogP contribution in [0, 0.1) is 17.1 Å². The van der Waals surface area contributed by atoms with E-state index in [1.54, 1.807) is 30.3 Å². The smallest absolute Gasteiger partial charge is 0.412 e. The van der Waals surface area contributed by atoms with Crippen LogP contribution in [0.3, 0.4) is 0 Å². The van der Waals surface area contributed by atoms with Crippen molar-refractivity contribution in [2.45, 2.75) is 18.6 Å². The Kier molecular flexibility index (Phi) is 5.14. The highest BCUT2D eigenvalue weighted by Crippen LogP contribution is 2.45. The van der Waals surface area contributed by atoms with Gasteiger partial charge in [0, 0.05) is 24.6 Å². The van der Waals surface area contributed by atoms with E-state index < -0.39 is 17.5 Å². The van der Waals surface area contributed by atoms with Gasteiger partial charge in [-0.25, -0.2) is 13.9 Å². The van der Waals surface area contributed by atoms with Crippen LogP contribution in [-0.2, 0) is 21.7 Å². The van der Waals surface area contributed by atoms with Crippen molar-refractivity contribution in [1.82, 2.24) is 14.7 Å². The highest BCUT2D eigenvalue weighted by molar-refractivity contribution is 6.31. The number of hydrogen-bond donors (Lipinski definition) is 2. The number of likely N-dealkylation sites (tertiary alicyclic amines) is 1. The maximum atomic E-state index is 14.9. The summed E-state index contributed by atoms with van der Waals surface area (Å²) in [5.74, 6) is -0.729. The Hall–Kier alpha value is -4.10. The van der Waals surface area contributed by atoms with Gasteiger partial charge in [-0.05, 0) is 24.3 Å². The van der Waals surface area contributed by atoms with E-state index in [4.69, 9.17) is 27.3 Å². The standard InChI is InChI=1S/C23H18ClFN6O3/c24-15-4-5-16-20(21(15)25)23(34-22(33)28-16)6-7-30(12-23)19(32)11-31-18(27)9-17(29-31)14-3-1-2-13(8-14)10-26/h1-5,8-9H,6-7,11-12,27H2,(H,28,33)/t23-/m0/s1. The Morgan fingerprint density at radius 3 is 2.97 bits per heavy atom. The molecule has 2 aliphatic rings. The number of carbonyl (C=O) groups is 2. The molecule has 3 N–H and O–H groups in total. The Labute approximate surface area is 198 Å². The quantitative estimate of drug-likeness (QED) is 0.591. The molecular formula is C23H18ClFN6O3. The van der Waals surface area contributed by atoms with Crippen molar-refractivity contribution >= 4 is 35.1 Å². The third-order valence-electron chi connectivity index (χ3n) is 6.04. The predicted octanol–water partition coefficient (Wildman–Crippen LogP) is 3.49. The number of carbonyl (C=O) groups excluding carboxylic acids is 2. The molecular weight excluding hydrogens is 463 g/mol. The minimum Gasteiger partial charge on any atom is -0.436 e. The van der Waals surface area contributed by atoms with Crippen LogP contribution in [0.4, 0.5) is 20.7 Å². The van der Waals surface area contributed by atoms with Gasteiger partial charge in [0.15, 0.2) is 11.4 Å². The molecule has 34 heavy (non-hydrogen) atoms. The first-order chi connectivity index (χ1) is 16.3. The van der Waals surface area contributed by atoms with E-state index in [0.717, 1.165) is 0 Å². The molecule has 1 saturated heterocycles. The van der Waals surface area contributed by atoms with Crippen molar-refractivity contribution in [3.05, 3.63) is 64.4 Å². The SMILES string of the molecule is N#Cc1cccc(-c2cc(N)n(CC(=O)N3CC[C@@]4(C3)OC(=O)Nc3ccc(Cl)c(F)c34)n2)c1. The number of fused-ring (bicyclic) bond motifs is 2. The summed E-state index contributed by atoms with van der Waals surface area (Å²) in [6, 6.07) is 13.5. The van der Waals surface area contributed by atoms with Crippen LogP contribution in [0.25, 0.3) is 11.3 Å². The monoisotopic (exact) mass is 480 g/mol. The number of benzene rings is 2. The van der Waals surface area contributed by atoms with E-state index in [1.807, 2.05) is 0 Å². The van der Waals surface area contributed by atoms with Crippen LogP contribution in [0.15, 0.2) is 42.5 Å². The first kappa shape index (κ1) is 21.7. The first-order valence-electron chi connectivity index (χ1n) is 10.4.